The first-order valence-electron chi connectivity index (χ1n) is 10.4. The molecule has 3 aromatic carbocycles. The lowest BCUT2D eigenvalue weighted by Gasteiger charge is -2.36. The Bertz CT molecular complexity index is 1080. The van der Waals surface area contributed by atoms with Crippen molar-refractivity contribution in [3.8, 4) is 11.1 Å². The van der Waals surface area contributed by atoms with Crippen LogP contribution in [0, 0.1) is 0 Å². The van der Waals surface area contributed by atoms with E-state index in [1.165, 1.54) is 7.11 Å². The molecule has 1 unspecified atom stereocenters. The largest absolute Gasteiger partial charge is 0.479 e. The molecule has 166 valence electrons. The van der Waals surface area contributed by atoms with Crippen molar-refractivity contribution in [2.75, 3.05) is 7.11 Å². The number of carbonyl (C=O) groups excluding carboxylic acids is 1. The molecule has 3 rings (SSSR count). The van der Waals surface area contributed by atoms with Crippen molar-refractivity contribution in [3.63, 3.8) is 0 Å². The van der Waals surface area contributed by atoms with E-state index >= 15 is 0 Å². The number of ether oxygens (including phenoxy) is 2. The van der Waals surface area contributed by atoms with Crippen LogP contribution in [0.15, 0.2) is 78.9 Å². The average Bonchev–Trinajstić information content (AvgIpc) is 2.78. The smallest absolute Gasteiger partial charge is 0.341 e. The fraction of sp³-hybridized carbons (Fsp3) is 0.259. The Labute approximate surface area is 188 Å². The molecule has 0 saturated carbocycles. The van der Waals surface area contributed by atoms with Gasteiger partial charge in [0.25, 0.3) is 0 Å². The fourth-order valence-electron chi connectivity index (χ4n) is 3.78. The van der Waals surface area contributed by atoms with Gasteiger partial charge in [0.15, 0.2) is 5.60 Å². The molecule has 0 saturated heterocycles. The molecule has 0 radical (unpaired) electrons. The van der Waals surface area contributed by atoms with Gasteiger partial charge in [-0.25, -0.2) is 9.59 Å². The van der Waals surface area contributed by atoms with Gasteiger partial charge >= 0.3 is 11.9 Å². The van der Waals surface area contributed by atoms with Crippen LogP contribution in [0.4, 0.5) is 0 Å². The number of carboxylic acid groups (broad SMARTS) is 1. The minimum atomic E-state index is -1.54. The van der Waals surface area contributed by atoms with Gasteiger partial charge in [-0.3, -0.25) is 0 Å². The van der Waals surface area contributed by atoms with Gasteiger partial charge in [-0.15, -0.1) is 0 Å². The number of hydrogen-bond donors (Lipinski definition) is 1. The van der Waals surface area contributed by atoms with Gasteiger partial charge in [-0.05, 0) is 49.1 Å². The van der Waals surface area contributed by atoms with E-state index in [4.69, 9.17) is 9.47 Å². The van der Waals surface area contributed by atoms with Crippen LogP contribution in [0.2, 0.25) is 0 Å². The molecule has 0 amide bonds. The van der Waals surface area contributed by atoms with E-state index in [1.54, 1.807) is 24.3 Å². The summed E-state index contributed by atoms with van der Waals surface area (Å²) in [7, 11) is 1.35. The molecule has 5 nitrogen and oxygen atoms in total. The van der Waals surface area contributed by atoms with Gasteiger partial charge in [-0.1, -0.05) is 72.8 Å². The standard InChI is InChI=1S/C27H28O5/c1-26(2,3)32-27(25(29)30,21-10-6-5-7-11-21)18-19-14-16-20(17-15-19)22-12-8-9-13-23(22)24(28)31-4/h5-17H,18H2,1-4H3,(H,29,30). The predicted octanol–water partition coefficient (Wildman–Crippen LogP) is 5.48. The first kappa shape index (κ1) is 23.2. The summed E-state index contributed by atoms with van der Waals surface area (Å²) < 4.78 is 11.1. The number of hydrogen-bond acceptors (Lipinski definition) is 4. The molecule has 32 heavy (non-hydrogen) atoms. The number of aliphatic carboxylic acids is 1. The van der Waals surface area contributed by atoms with Crippen LogP contribution in [-0.4, -0.2) is 29.8 Å². The third kappa shape index (κ3) is 5.06. The Morgan fingerprint density at radius 2 is 1.44 bits per heavy atom. The van der Waals surface area contributed by atoms with Crippen molar-refractivity contribution in [2.24, 2.45) is 0 Å². The zero-order valence-corrected chi connectivity index (χ0v) is 18.8. The molecule has 0 aliphatic carbocycles. The number of carbonyl (C=O) groups is 2. The molecule has 0 bridgehead atoms. The first-order valence-corrected chi connectivity index (χ1v) is 10.4. The van der Waals surface area contributed by atoms with Crippen LogP contribution in [-0.2, 0) is 26.3 Å². The van der Waals surface area contributed by atoms with Crippen molar-refractivity contribution < 1.29 is 24.2 Å². The lowest BCUT2D eigenvalue weighted by Crippen LogP contribution is -2.46. The third-order valence-corrected chi connectivity index (χ3v) is 5.12. The van der Waals surface area contributed by atoms with Crippen molar-refractivity contribution in [1.29, 1.82) is 0 Å². The number of methoxy groups -OCH3 is 1. The lowest BCUT2D eigenvalue weighted by atomic mass is 9.85. The zero-order valence-electron chi connectivity index (χ0n) is 18.8. The molecule has 0 heterocycles. The van der Waals surface area contributed by atoms with Crippen LogP contribution < -0.4 is 0 Å². The summed E-state index contributed by atoms with van der Waals surface area (Å²) in [5.74, 6) is -1.45. The van der Waals surface area contributed by atoms with Crippen LogP contribution in [0.5, 0.6) is 0 Å². The Balaban J connectivity index is 2.01. The van der Waals surface area contributed by atoms with Gasteiger partial charge in [0, 0.05) is 6.42 Å². The minimum Gasteiger partial charge on any atom is -0.479 e. The minimum absolute atomic E-state index is 0.155. The maximum Gasteiger partial charge on any atom is 0.341 e. The monoisotopic (exact) mass is 432 g/mol. The molecule has 0 aliphatic heterocycles. The summed E-state index contributed by atoms with van der Waals surface area (Å²) in [5, 5.41) is 10.3. The van der Waals surface area contributed by atoms with E-state index in [0.29, 0.717) is 11.1 Å². The van der Waals surface area contributed by atoms with Gasteiger partial charge < -0.3 is 14.6 Å². The molecule has 3 aromatic rings. The van der Waals surface area contributed by atoms with Crippen LogP contribution in [0.1, 0.15) is 42.3 Å². The molecule has 0 aliphatic rings. The summed E-state index contributed by atoms with van der Waals surface area (Å²) in [5.41, 5.74) is 1.25. The molecule has 0 spiro atoms. The van der Waals surface area contributed by atoms with Crippen molar-refractivity contribution >= 4 is 11.9 Å². The summed E-state index contributed by atoms with van der Waals surface area (Å²) in [6, 6.07) is 23.8. The van der Waals surface area contributed by atoms with E-state index in [0.717, 1.165) is 16.7 Å². The first-order chi connectivity index (χ1) is 15.2. The third-order valence-electron chi connectivity index (χ3n) is 5.12. The summed E-state index contributed by atoms with van der Waals surface area (Å²) >= 11 is 0. The van der Waals surface area contributed by atoms with Crippen LogP contribution in [0.25, 0.3) is 11.1 Å². The Morgan fingerprint density at radius 1 is 0.844 bits per heavy atom. The number of benzene rings is 3. The molecule has 5 heteroatoms. The summed E-state index contributed by atoms with van der Waals surface area (Å²) in [4.78, 5) is 24.7. The summed E-state index contributed by atoms with van der Waals surface area (Å²) in [6.45, 7) is 5.54. The summed E-state index contributed by atoms with van der Waals surface area (Å²) in [6.07, 6.45) is 0.155. The second-order valence-electron chi connectivity index (χ2n) is 8.62. The lowest BCUT2D eigenvalue weighted by molar-refractivity contribution is -0.187. The van der Waals surface area contributed by atoms with Gasteiger partial charge in [0.1, 0.15) is 0 Å². The highest BCUT2D eigenvalue weighted by molar-refractivity contribution is 5.97. The van der Waals surface area contributed by atoms with E-state index in [-0.39, 0.29) is 6.42 Å². The van der Waals surface area contributed by atoms with E-state index in [1.807, 2.05) is 75.4 Å². The number of esters is 1. The SMILES string of the molecule is COC(=O)c1ccccc1-c1ccc(CC(OC(C)(C)C)(C(=O)O)c2ccccc2)cc1. The molecule has 0 aromatic heterocycles. The Hall–Kier alpha value is -3.44. The fourth-order valence-corrected chi connectivity index (χ4v) is 3.78. The van der Waals surface area contributed by atoms with Crippen molar-refractivity contribution in [3.05, 3.63) is 95.6 Å². The van der Waals surface area contributed by atoms with Crippen LogP contribution >= 0.6 is 0 Å². The van der Waals surface area contributed by atoms with E-state index < -0.39 is 23.1 Å². The normalized spacial score (nSPS) is 13.2. The quantitative estimate of drug-likeness (QED) is 0.501. The Morgan fingerprint density at radius 3 is 2.00 bits per heavy atom. The van der Waals surface area contributed by atoms with E-state index in [9.17, 15) is 14.7 Å². The topological polar surface area (TPSA) is 72.8 Å². The van der Waals surface area contributed by atoms with Crippen molar-refractivity contribution in [2.45, 2.75) is 38.4 Å². The molecule has 1 atom stereocenters. The second-order valence-corrected chi connectivity index (χ2v) is 8.62. The van der Waals surface area contributed by atoms with Gasteiger partial charge in [-0.2, -0.15) is 0 Å². The highest BCUT2D eigenvalue weighted by Crippen LogP contribution is 2.35. The Kier molecular flexibility index (Phi) is 6.80. The van der Waals surface area contributed by atoms with Crippen molar-refractivity contribution in [1.82, 2.24) is 0 Å². The maximum atomic E-state index is 12.6. The maximum absolute atomic E-state index is 12.6. The second kappa shape index (κ2) is 9.37. The van der Waals surface area contributed by atoms with E-state index in [2.05, 4.69) is 0 Å². The van der Waals surface area contributed by atoms with Gasteiger partial charge in [0.2, 0.25) is 0 Å². The predicted molar refractivity (Wildman–Crippen MR) is 124 cm³/mol. The average molecular weight is 433 g/mol. The number of rotatable bonds is 7. The molecule has 1 N–H and O–H groups in total. The molecule has 0 fully saturated rings. The number of carboxylic acids is 1. The van der Waals surface area contributed by atoms with Gasteiger partial charge in [0.05, 0.1) is 18.3 Å². The zero-order chi connectivity index (χ0) is 23.4. The highest BCUT2D eigenvalue weighted by atomic mass is 16.5. The highest BCUT2D eigenvalue weighted by Gasteiger charge is 2.44. The van der Waals surface area contributed by atoms with Crippen LogP contribution in [0.3, 0.4) is 0 Å². The molecular weight excluding hydrogens is 404 g/mol. The molecular formula is C27H28O5.